The summed E-state index contributed by atoms with van der Waals surface area (Å²) in [5.74, 6) is 0.235. The first-order valence-electron chi connectivity index (χ1n) is 6.01. The predicted octanol–water partition coefficient (Wildman–Crippen LogP) is 1.52. The molecule has 1 N–H and O–H groups in total. The Bertz CT molecular complexity index is 494. The minimum atomic E-state index is -2.96. The molecule has 0 bridgehead atoms. The van der Waals surface area contributed by atoms with Crippen molar-refractivity contribution in [3.8, 4) is 0 Å². The molecule has 4 heteroatoms. The molecule has 0 fully saturated rings. The molecule has 0 amide bonds. The Morgan fingerprint density at radius 2 is 1.94 bits per heavy atom. The van der Waals surface area contributed by atoms with Crippen LogP contribution in [0.15, 0.2) is 24.3 Å². The van der Waals surface area contributed by atoms with Crippen LogP contribution >= 0.6 is 0 Å². The molecule has 1 aliphatic heterocycles. The minimum absolute atomic E-state index is 0.0531. The summed E-state index contributed by atoms with van der Waals surface area (Å²) in [7, 11) is -2.96. The summed E-state index contributed by atoms with van der Waals surface area (Å²) in [5.41, 5.74) is 2.56. The highest BCUT2D eigenvalue weighted by atomic mass is 32.2. The maximum atomic E-state index is 11.9. The van der Waals surface area contributed by atoms with Crippen molar-refractivity contribution < 1.29 is 8.42 Å². The molecule has 0 radical (unpaired) electrons. The second-order valence-corrected chi connectivity index (χ2v) is 7.53. The molecule has 0 saturated heterocycles. The van der Waals surface area contributed by atoms with E-state index in [1.165, 1.54) is 11.1 Å². The van der Waals surface area contributed by atoms with Gasteiger partial charge in [-0.05, 0) is 31.4 Å². The van der Waals surface area contributed by atoms with E-state index in [0.29, 0.717) is 0 Å². The third kappa shape index (κ3) is 2.87. The number of rotatable bonds is 3. The lowest BCUT2D eigenvalue weighted by molar-refractivity contribution is 0.502. The normalized spacial score (nSPS) is 20.3. The largest absolute Gasteiger partial charge is 0.309 e. The van der Waals surface area contributed by atoms with Gasteiger partial charge >= 0.3 is 0 Å². The van der Waals surface area contributed by atoms with Crippen molar-refractivity contribution in [1.82, 2.24) is 5.32 Å². The molecule has 1 unspecified atom stereocenters. The Labute approximate surface area is 103 Å². The SMILES string of the molecule is CC(C)S(=O)(=O)CC1Cc2ccccc2CN1. The monoisotopic (exact) mass is 253 g/mol. The van der Waals surface area contributed by atoms with Crippen molar-refractivity contribution in [2.24, 2.45) is 0 Å². The number of benzene rings is 1. The van der Waals surface area contributed by atoms with E-state index in [4.69, 9.17) is 0 Å². The number of fused-ring (bicyclic) bond motifs is 1. The lowest BCUT2D eigenvalue weighted by atomic mass is 9.97. The zero-order valence-electron chi connectivity index (χ0n) is 10.3. The Kier molecular flexibility index (Phi) is 3.54. The zero-order valence-corrected chi connectivity index (χ0v) is 11.1. The van der Waals surface area contributed by atoms with Crippen LogP contribution in [0.4, 0.5) is 0 Å². The predicted molar refractivity (Wildman–Crippen MR) is 69.7 cm³/mol. The number of hydrogen-bond acceptors (Lipinski definition) is 3. The van der Waals surface area contributed by atoms with E-state index in [-0.39, 0.29) is 17.0 Å². The molecule has 0 saturated carbocycles. The second kappa shape index (κ2) is 4.78. The highest BCUT2D eigenvalue weighted by molar-refractivity contribution is 7.92. The summed E-state index contributed by atoms with van der Waals surface area (Å²) >= 11 is 0. The van der Waals surface area contributed by atoms with Gasteiger partial charge in [0.05, 0.1) is 11.0 Å². The summed E-state index contributed by atoms with van der Waals surface area (Å²) in [6, 6.07) is 8.27. The van der Waals surface area contributed by atoms with E-state index >= 15 is 0 Å². The van der Waals surface area contributed by atoms with Gasteiger partial charge in [0.2, 0.25) is 0 Å². The van der Waals surface area contributed by atoms with Crippen LogP contribution in [-0.2, 0) is 22.8 Å². The van der Waals surface area contributed by atoms with Gasteiger partial charge in [0, 0.05) is 12.6 Å². The van der Waals surface area contributed by atoms with E-state index in [2.05, 4.69) is 17.4 Å². The van der Waals surface area contributed by atoms with Crippen LogP contribution in [0, 0.1) is 0 Å². The van der Waals surface area contributed by atoms with Crippen LogP contribution in [0.1, 0.15) is 25.0 Å². The summed E-state index contributed by atoms with van der Waals surface area (Å²) in [6.07, 6.45) is 0.808. The molecule has 1 aliphatic rings. The maximum absolute atomic E-state index is 11.9. The van der Waals surface area contributed by atoms with E-state index in [9.17, 15) is 8.42 Å². The molecule has 3 nitrogen and oxygen atoms in total. The van der Waals surface area contributed by atoms with E-state index in [1.807, 2.05) is 12.1 Å². The van der Waals surface area contributed by atoms with Gasteiger partial charge in [-0.2, -0.15) is 0 Å². The standard InChI is InChI=1S/C13H19NO2S/c1-10(2)17(15,16)9-13-7-11-5-3-4-6-12(11)8-14-13/h3-6,10,13-14H,7-9H2,1-2H3. The molecule has 17 heavy (non-hydrogen) atoms. The van der Waals surface area contributed by atoms with Gasteiger partial charge in [-0.3, -0.25) is 0 Å². The topological polar surface area (TPSA) is 46.2 Å². The minimum Gasteiger partial charge on any atom is -0.309 e. The molecule has 1 heterocycles. The fraction of sp³-hybridized carbons (Fsp3) is 0.538. The average molecular weight is 253 g/mol. The summed E-state index contributed by atoms with van der Waals surface area (Å²) in [5, 5.41) is 3.02. The molecule has 94 valence electrons. The Balaban J connectivity index is 2.09. The molecule has 2 rings (SSSR count). The molecular weight excluding hydrogens is 234 g/mol. The van der Waals surface area contributed by atoms with Crippen molar-refractivity contribution in [3.05, 3.63) is 35.4 Å². The Hall–Kier alpha value is -0.870. The van der Waals surface area contributed by atoms with Gasteiger partial charge in [0.25, 0.3) is 0 Å². The van der Waals surface area contributed by atoms with Crippen molar-refractivity contribution >= 4 is 9.84 Å². The highest BCUT2D eigenvalue weighted by Crippen LogP contribution is 2.17. The number of hydrogen-bond donors (Lipinski definition) is 1. The fourth-order valence-electron chi connectivity index (χ4n) is 2.11. The first kappa shape index (κ1) is 12.6. The highest BCUT2D eigenvalue weighted by Gasteiger charge is 2.25. The maximum Gasteiger partial charge on any atom is 0.154 e. The third-order valence-corrected chi connectivity index (χ3v) is 5.62. The molecule has 0 aliphatic carbocycles. The van der Waals surface area contributed by atoms with Crippen molar-refractivity contribution in [2.75, 3.05) is 5.75 Å². The Morgan fingerprint density at radius 1 is 1.29 bits per heavy atom. The van der Waals surface area contributed by atoms with E-state index in [0.717, 1.165) is 13.0 Å². The molecule has 0 spiro atoms. The van der Waals surface area contributed by atoms with Crippen molar-refractivity contribution in [2.45, 2.75) is 38.1 Å². The van der Waals surface area contributed by atoms with Gasteiger partial charge in [-0.15, -0.1) is 0 Å². The number of sulfone groups is 1. The van der Waals surface area contributed by atoms with Gasteiger partial charge in [0.15, 0.2) is 9.84 Å². The lowest BCUT2D eigenvalue weighted by Gasteiger charge is -2.26. The van der Waals surface area contributed by atoms with Gasteiger partial charge < -0.3 is 5.32 Å². The van der Waals surface area contributed by atoms with Crippen LogP contribution in [-0.4, -0.2) is 25.5 Å². The Morgan fingerprint density at radius 3 is 2.59 bits per heavy atom. The second-order valence-electron chi connectivity index (χ2n) is 4.93. The quantitative estimate of drug-likeness (QED) is 0.888. The lowest BCUT2D eigenvalue weighted by Crippen LogP contribution is -2.42. The van der Waals surface area contributed by atoms with Gasteiger partial charge in [0.1, 0.15) is 0 Å². The van der Waals surface area contributed by atoms with Crippen LogP contribution < -0.4 is 5.32 Å². The first-order valence-corrected chi connectivity index (χ1v) is 7.72. The van der Waals surface area contributed by atoms with Crippen LogP contribution in [0.5, 0.6) is 0 Å². The number of nitrogens with one attached hydrogen (secondary N) is 1. The van der Waals surface area contributed by atoms with E-state index in [1.54, 1.807) is 13.8 Å². The van der Waals surface area contributed by atoms with Crippen molar-refractivity contribution in [3.63, 3.8) is 0 Å². The van der Waals surface area contributed by atoms with Crippen LogP contribution in [0.25, 0.3) is 0 Å². The van der Waals surface area contributed by atoms with Crippen LogP contribution in [0.2, 0.25) is 0 Å². The first-order chi connectivity index (χ1) is 7.99. The molecule has 1 aromatic rings. The molecule has 1 aromatic carbocycles. The summed E-state index contributed by atoms with van der Waals surface area (Å²) in [6.45, 7) is 4.26. The average Bonchev–Trinajstić information content (AvgIpc) is 2.28. The van der Waals surface area contributed by atoms with Crippen molar-refractivity contribution in [1.29, 1.82) is 0 Å². The third-order valence-electron chi connectivity index (χ3n) is 3.32. The van der Waals surface area contributed by atoms with Gasteiger partial charge in [-0.1, -0.05) is 24.3 Å². The molecule has 1 atom stereocenters. The molecule has 0 aromatic heterocycles. The summed E-state index contributed by atoms with van der Waals surface area (Å²) in [4.78, 5) is 0. The van der Waals surface area contributed by atoms with E-state index < -0.39 is 9.84 Å². The van der Waals surface area contributed by atoms with Gasteiger partial charge in [-0.25, -0.2) is 8.42 Å². The zero-order chi connectivity index (χ0) is 12.5. The smallest absolute Gasteiger partial charge is 0.154 e. The molecular formula is C13H19NO2S. The fourth-order valence-corrected chi connectivity index (χ4v) is 3.29. The van der Waals surface area contributed by atoms with Crippen LogP contribution in [0.3, 0.4) is 0 Å². The summed E-state index contributed by atoms with van der Waals surface area (Å²) < 4.78 is 23.7.